The van der Waals surface area contributed by atoms with Gasteiger partial charge in [0.15, 0.2) is 11.5 Å². The Morgan fingerprint density at radius 3 is 2.42 bits per heavy atom. The van der Waals surface area contributed by atoms with E-state index in [4.69, 9.17) is 14.2 Å². The van der Waals surface area contributed by atoms with E-state index in [2.05, 4.69) is 5.32 Å². The van der Waals surface area contributed by atoms with E-state index in [1.807, 2.05) is 54.6 Å². The van der Waals surface area contributed by atoms with Crippen LogP contribution in [0.15, 0.2) is 54.6 Å². The van der Waals surface area contributed by atoms with Gasteiger partial charge in [-0.3, -0.25) is 0 Å². The average molecular weight is 331 g/mol. The predicted octanol–water partition coefficient (Wildman–Crippen LogP) is 2.49. The molecule has 2 aromatic rings. The molecular weight excluding hydrogens is 306 g/mol. The molecule has 1 atom stereocenters. The fraction of sp³-hybridized carbons (Fsp3) is 0.368. The summed E-state index contributed by atoms with van der Waals surface area (Å²) in [6.45, 7) is 2.11. The van der Waals surface area contributed by atoms with Crippen LogP contribution in [0.25, 0.3) is 0 Å². The molecule has 2 rings (SSSR count). The van der Waals surface area contributed by atoms with Gasteiger partial charge in [-0.15, -0.1) is 0 Å². The second kappa shape index (κ2) is 10.5. The Morgan fingerprint density at radius 1 is 0.958 bits per heavy atom. The lowest BCUT2D eigenvalue weighted by Crippen LogP contribution is -2.32. The Bertz CT molecular complexity index is 577. The number of rotatable bonds is 11. The van der Waals surface area contributed by atoms with Gasteiger partial charge in [0.05, 0.1) is 13.7 Å². The smallest absolute Gasteiger partial charge is 0.161 e. The maximum absolute atomic E-state index is 9.88. The van der Waals surface area contributed by atoms with E-state index in [9.17, 15) is 5.11 Å². The summed E-state index contributed by atoms with van der Waals surface area (Å²) in [5.41, 5.74) is 0. The SMILES string of the molecule is COc1ccccc1OCCCNCC(O)COc1ccccc1. The zero-order valence-corrected chi connectivity index (χ0v) is 14.0. The summed E-state index contributed by atoms with van der Waals surface area (Å²) in [4.78, 5) is 0. The number of nitrogens with one attached hydrogen (secondary N) is 1. The fourth-order valence-electron chi connectivity index (χ4n) is 2.15. The molecular formula is C19H25NO4. The van der Waals surface area contributed by atoms with Crippen molar-refractivity contribution in [3.05, 3.63) is 54.6 Å². The third kappa shape index (κ3) is 6.48. The second-order valence-electron chi connectivity index (χ2n) is 5.33. The molecule has 0 spiro atoms. The Balaban J connectivity index is 1.53. The molecule has 0 aromatic heterocycles. The molecule has 0 fully saturated rings. The summed E-state index contributed by atoms with van der Waals surface area (Å²) in [7, 11) is 1.63. The highest BCUT2D eigenvalue weighted by Gasteiger charge is 2.05. The minimum absolute atomic E-state index is 0.273. The maximum Gasteiger partial charge on any atom is 0.161 e. The van der Waals surface area contributed by atoms with E-state index < -0.39 is 6.10 Å². The Morgan fingerprint density at radius 2 is 1.67 bits per heavy atom. The predicted molar refractivity (Wildman–Crippen MR) is 93.9 cm³/mol. The van der Waals surface area contributed by atoms with Crippen LogP contribution in [0.1, 0.15) is 6.42 Å². The monoisotopic (exact) mass is 331 g/mol. The lowest BCUT2D eigenvalue weighted by molar-refractivity contribution is 0.106. The van der Waals surface area contributed by atoms with Gasteiger partial charge >= 0.3 is 0 Å². The molecule has 0 aliphatic rings. The molecule has 5 heteroatoms. The molecule has 0 amide bonds. The molecule has 5 nitrogen and oxygen atoms in total. The van der Waals surface area contributed by atoms with Gasteiger partial charge in [-0.05, 0) is 37.2 Å². The molecule has 0 saturated heterocycles. The average Bonchev–Trinajstić information content (AvgIpc) is 2.64. The first-order valence-corrected chi connectivity index (χ1v) is 8.12. The second-order valence-corrected chi connectivity index (χ2v) is 5.33. The molecule has 0 saturated carbocycles. The van der Waals surface area contributed by atoms with Crippen LogP contribution in [-0.2, 0) is 0 Å². The molecule has 0 aliphatic carbocycles. The topological polar surface area (TPSA) is 60.0 Å². The van der Waals surface area contributed by atoms with E-state index in [0.29, 0.717) is 13.2 Å². The lowest BCUT2D eigenvalue weighted by Gasteiger charge is -2.14. The van der Waals surface area contributed by atoms with Crippen LogP contribution < -0.4 is 19.5 Å². The number of aliphatic hydroxyl groups excluding tert-OH is 1. The van der Waals surface area contributed by atoms with Crippen molar-refractivity contribution in [3.63, 3.8) is 0 Å². The summed E-state index contributed by atoms with van der Waals surface area (Å²) < 4.78 is 16.4. The Labute approximate surface area is 143 Å². The van der Waals surface area contributed by atoms with Crippen molar-refractivity contribution in [1.29, 1.82) is 0 Å². The summed E-state index contributed by atoms with van der Waals surface area (Å²) in [6.07, 6.45) is 0.296. The Kier molecular flexibility index (Phi) is 7.93. The first kappa shape index (κ1) is 18.1. The van der Waals surface area contributed by atoms with Crippen LogP contribution in [0.4, 0.5) is 0 Å². The molecule has 0 bridgehead atoms. The molecule has 130 valence electrons. The van der Waals surface area contributed by atoms with Crippen molar-refractivity contribution in [3.8, 4) is 17.2 Å². The molecule has 0 radical (unpaired) electrons. The molecule has 2 aromatic carbocycles. The van der Waals surface area contributed by atoms with Crippen molar-refractivity contribution >= 4 is 0 Å². The zero-order chi connectivity index (χ0) is 17.0. The standard InChI is InChI=1S/C19H25NO4/c1-22-18-10-5-6-11-19(18)23-13-7-12-20-14-16(21)15-24-17-8-3-2-4-9-17/h2-6,8-11,16,20-21H,7,12-15H2,1H3. The van der Waals surface area contributed by atoms with Crippen molar-refractivity contribution in [2.45, 2.75) is 12.5 Å². The normalized spacial score (nSPS) is 11.8. The summed E-state index contributed by atoms with van der Waals surface area (Å²) in [5.74, 6) is 2.25. The molecule has 2 N–H and O–H groups in total. The van der Waals surface area contributed by atoms with Crippen molar-refractivity contribution in [2.24, 2.45) is 0 Å². The largest absolute Gasteiger partial charge is 0.493 e. The van der Waals surface area contributed by atoms with E-state index in [1.54, 1.807) is 7.11 Å². The van der Waals surface area contributed by atoms with Gasteiger partial charge in [0.25, 0.3) is 0 Å². The van der Waals surface area contributed by atoms with E-state index in [1.165, 1.54) is 0 Å². The summed E-state index contributed by atoms with van der Waals surface area (Å²) in [6, 6.07) is 17.1. The zero-order valence-electron chi connectivity index (χ0n) is 14.0. The van der Waals surface area contributed by atoms with Crippen molar-refractivity contribution in [1.82, 2.24) is 5.32 Å². The quantitative estimate of drug-likeness (QED) is 0.620. The molecule has 0 aliphatic heterocycles. The fourth-order valence-corrected chi connectivity index (χ4v) is 2.15. The van der Waals surface area contributed by atoms with Gasteiger partial charge in [0, 0.05) is 6.54 Å². The molecule has 24 heavy (non-hydrogen) atoms. The Hall–Kier alpha value is -2.24. The molecule has 1 unspecified atom stereocenters. The third-order valence-corrected chi connectivity index (χ3v) is 3.39. The van der Waals surface area contributed by atoms with Crippen LogP contribution >= 0.6 is 0 Å². The number of para-hydroxylation sites is 3. The van der Waals surface area contributed by atoms with Crippen LogP contribution in [0, 0.1) is 0 Å². The van der Waals surface area contributed by atoms with Crippen LogP contribution in [-0.4, -0.2) is 44.6 Å². The third-order valence-electron chi connectivity index (χ3n) is 3.39. The number of ether oxygens (including phenoxy) is 3. The van der Waals surface area contributed by atoms with Crippen molar-refractivity contribution in [2.75, 3.05) is 33.4 Å². The van der Waals surface area contributed by atoms with Gasteiger partial charge in [0.1, 0.15) is 18.5 Å². The lowest BCUT2D eigenvalue weighted by atomic mass is 10.3. The van der Waals surface area contributed by atoms with E-state index in [0.717, 1.165) is 30.2 Å². The summed E-state index contributed by atoms with van der Waals surface area (Å²) >= 11 is 0. The van der Waals surface area contributed by atoms with E-state index in [-0.39, 0.29) is 6.61 Å². The van der Waals surface area contributed by atoms with Crippen LogP contribution in [0.3, 0.4) is 0 Å². The summed E-state index contributed by atoms with van der Waals surface area (Å²) in [5, 5.41) is 13.1. The molecule has 0 heterocycles. The number of methoxy groups -OCH3 is 1. The number of hydrogen-bond donors (Lipinski definition) is 2. The number of benzene rings is 2. The highest BCUT2D eigenvalue weighted by atomic mass is 16.5. The van der Waals surface area contributed by atoms with Crippen molar-refractivity contribution < 1.29 is 19.3 Å². The first-order valence-electron chi connectivity index (χ1n) is 8.12. The highest BCUT2D eigenvalue weighted by Crippen LogP contribution is 2.25. The minimum Gasteiger partial charge on any atom is -0.493 e. The minimum atomic E-state index is -0.541. The van der Waals surface area contributed by atoms with E-state index >= 15 is 0 Å². The van der Waals surface area contributed by atoms with Crippen LogP contribution in [0.5, 0.6) is 17.2 Å². The highest BCUT2D eigenvalue weighted by molar-refractivity contribution is 5.39. The van der Waals surface area contributed by atoms with Gasteiger partial charge in [-0.2, -0.15) is 0 Å². The number of hydrogen-bond acceptors (Lipinski definition) is 5. The first-order chi connectivity index (χ1) is 11.8. The van der Waals surface area contributed by atoms with Gasteiger partial charge in [-0.1, -0.05) is 30.3 Å². The van der Waals surface area contributed by atoms with Gasteiger partial charge in [0.2, 0.25) is 0 Å². The van der Waals surface area contributed by atoms with Gasteiger partial charge in [-0.25, -0.2) is 0 Å². The maximum atomic E-state index is 9.88. The van der Waals surface area contributed by atoms with Crippen LogP contribution in [0.2, 0.25) is 0 Å². The number of aliphatic hydroxyl groups is 1. The van der Waals surface area contributed by atoms with Gasteiger partial charge < -0.3 is 24.6 Å².